The van der Waals surface area contributed by atoms with Crippen molar-refractivity contribution in [1.82, 2.24) is 9.88 Å². The molecule has 0 radical (unpaired) electrons. The summed E-state index contributed by atoms with van der Waals surface area (Å²) >= 11 is 3.25. The van der Waals surface area contributed by atoms with Gasteiger partial charge in [-0.1, -0.05) is 37.3 Å². The van der Waals surface area contributed by atoms with Crippen molar-refractivity contribution in [1.29, 1.82) is 0 Å². The number of fused-ring (bicyclic) bond motifs is 1. The Morgan fingerprint density at radius 2 is 1.86 bits per heavy atom. The normalized spacial score (nSPS) is 11.4. The van der Waals surface area contributed by atoms with Gasteiger partial charge in [0.15, 0.2) is 10.9 Å². The molecule has 0 aliphatic carbocycles. The third-order valence-corrected chi connectivity index (χ3v) is 6.48. The molecule has 0 bridgehead atoms. The lowest BCUT2D eigenvalue weighted by atomic mass is 10.2. The van der Waals surface area contributed by atoms with Crippen molar-refractivity contribution >= 4 is 55.2 Å². The summed E-state index contributed by atoms with van der Waals surface area (Å²) in [4.78, 5) is 21.4. The molecule has 1 aromatic heterocycles. The number of anilines is 1. The molecule has 0 aliphatic rings. The average Bonchev–Trinajstić information content (AvgIpc) is 3.09. The van der Waals surface area contributed by atoms with Gasteiger partial charge in [0.25, 0.3) is 5.91 Å². The van der Waals surface area contributed by atoms with Gasteiger partial charge >= 0.3 is 0 Å². The van der Waals surface area contributed by atoms with Crippen molar-refractivity contribution in [2.24, 2.45) is 0 Å². The lowest BCUT2D eigenvalue weighted by molar-refractivity contribution is 0.0983. The highest BCUT2D eigenvalue weighted by atomic mass is 127. The molecule has 2 aromatic carbocycles. The van der Waals surface area contributed by atoms with Gasteiger partial charge in [0.1, 0.15) is 11.3 Å². The fourth-order valence-corrected chi connectivity index (χ4v) is 4.55. The third-order valence-electron chi connectivity index (χ3n) is 4.52. The standard InChI is InChI=1S/C20H20F2IN3OS/c1-3-25(4-2)9-10-26(19(27)14-7-5-6-8-16(14)23)20-24-18-15(22)11-13(21)12-17(18)28-20/h5-8,11-12H,3-4,9-10H2,1-2H3. The number of aromatic nitrogens is 1. The van der Waals surface area contributed by atoms with E-state index in [4.69, 9.17) is 0 Å². The van der Waals surface area contributed by atoms with E-state index in [-0.39, 0.29) is 11.4 Å². The van der Waals surface area contributed by atoms with E-state index in [0.717, 1.165) is 34.1 Å². The number of hydrogen-bond acceptors (Lipinski definition) is 4. The highest BCUT2D eigenvalue weighted by Crippen LogP contribution is 2.32. The number of benzene rings is 2. The van der Waals surface area contributed by atoms with Gasteiger partial charge in [-0.05, 0) is 53.9 Å². The van der Waals surface area contributed by atoms with Gasteiger partial charge in [-0.2, -0.15) is 0 Å². The van der Waals surface area contributed by atoms with Crippen molar-refractivity contribution in [3.8, 4) is 0 Å². The molecular weight excluding hydrogens is 495 g/mol. The molecule has 28 heavy (non-hydrogen) atoms. The van der Waals surface area contributed by atoms with Gasteiger partial charge in [-0.25, -0.2) is 13.8 Å². The number of rotatable bonds is 7. The smallest absolute Gasteiger partial charge is 0.261 e. The summed E-state index contributed by atoms with van der Waals surface area (Å²) in [5, 5.41) is 0.372. The van der Waals surface area contributed by atoms with E-state index in [0.29, 0.717) is 28.5 Å². The molecule has 3 rings (SSSR count). The SMILES string of the molecule is CCN(CC)CCN(C(=O)c1ccccc1I)c1nc2c(F)cc(F)cc2s1. The van der Waals surface area contributed by atoms with Gasteiger partial charge in [-0.15, -0.1) is 0 Å². The molecule has 8 heteroatoms. The summed E-state index contributed by atoms with van der Waals surface area (Å²) in [5.74, 6) is -1.57. The van der Waals surface area contributed by atoms with E-state index in [1.54, 1.807) is 11.0 Å². The Kier molecular flexibility index (Phi) is 6.95. The minimum absolute atomic E-state index is 0.0878. The lowest BCUT2D eigenvalue weighted by Gasteiger charge is -2.25. The Labute approximate surface area is 180 Å². The van der Waals surface area contributed by atoms with E-state index in [1.165, 1.54) is 6.07 Å². The Balaban J connectivity index is 2.02. The highest BCUT2D eigenvalue weighted by molar-refractivity contribution is 14.1. The predicted molar refractivity (Wildman–Crippen MR) is 118 cm³/mol. The predicted octanol–water partition coefficient (Wildman–Crippen LogP) is 5.17. The van der Waals surface area contributed by atoms with Crippen LogP contribution < -0.4 is 4.90 Å². The quantitative estimate of drug-likeness (QED) is 0.408. The van der Waals surface area contributed by atoms with Gasteiger partial charge in [0, 0.05) is 22.7 Å². The molecule has 0 unspecified atom stereocenters. The Morgan fingerprint density at radius 1 is 1.14 bits per heavy atom. The summed E-state index contributed by atoms with van der Waals surface area (Å²) < 4.78 is 28.9. The summed E-state index contributed by atoms with van der Waals surface area (Å²) in [6, 6.07) is 9.37. The average molecular weight is 515 g/mol. The maximum Gasteiger partial charge on any atom is 0.261 e. The van der Waals surface area contributed by atoms with E-state index >= 15 is 0 Å². The summed E-state index contributed by atoms with van der Waals surface area (Å²) in [7, 11) is 0. The number of hydrogen-bond donors (Lipinski definition) is 0. The molecule has 1 heterocycles. The molecule has 0 atom stereocenters. The van der Waals surface area contributed by atoms with E-state index < -0.39 is 11.6 Å². The molecule has 148 valence electrons. The number of halogens is 3. The van der Waals surface area contributed by atoms with Crippen LogP contribution in [0.25, 0.3) is 10.2 Å². The first-order chi connectivity index (χ1) is 13.4. The van der Waals surface area contributed by atoms with E-state index in [2.05, 4.69) is 46.3 Å². The maximum atomic E-state index is 14.1. The second-order valence-electron chi connectivity index (χ2n) is 6.19. The van der Waals surface area contributed by atoms with Crippen LogP contribution in [0.15, 0.2) is 36.4 Å². The van der Waals surface area contributed by atoms with Gasteiger partial charge < -0.3 is 4.90 Å². The van der Waals surface area contributed by atoms with Crippen LogP contribution >= 0.6 is 33.9 Å². The fourth-order valence-electron chi connectivity index (χ4n) is 2.91. The number of amides is 1. The number of carbonyl (C=O) groups excluding carboxylic acids is 1. The molecule has 0 aliphatic heterocycles. The maximum absolute atomic E-state index is 14.1. The largest absolute Gasteiger partial charge is 0.302 e. The van der Waals surface area contributed by atoms with Crippen molar-refractivity contribution < 1.29 is 13.6 Å². The van der Waals surface area contributed by atoms with Crippen LogP contribution in [0.2, 0.25) is 0 Å². The van der Waals surface area contributed by atoms with Gasteiger partial charge in [-0.3, -0.25) is 9.69 Å². The zero-order chi connectivity index (χ0) is 20.3. The Hall–Kier alpha value is -1.65. The zero-order valence-electron chi connectivity index (χ0n) is 15.6. The molecule has 1 amide bonds. The second kappa shape index (κ2) is 9.23. The van der Waals surface area contributed by atoms with Gasteiger partial charge in [0.2, 0.25) is 0 Å². The molecule has 4 nitrogen and oxygen atoms in total. The van der Waals surface area contributed by atoms with E-state index in [9.17, 15) is 13.6 Å². The van der Waals surface area contributed by atoms with Crippen LogP contribution in [0.4, 0.5) is 13.9 Å². The van der Waals surface area contributed by atoms with Crippen molar-refractivity contribution in [3.05, 3.63) is 57.2 Å². The van der Waals surface area contributed by atoms with E-state index in [1.807, 2.05) is 18.2 Å². The zero-order valence-corrected chi connectivity index (χ0v) is 18.6. The van der Waals surface area contributed by atoms with Crippen LogP contribution in [0.5, 0.6) is 0 Å². The summed E-state index contributed by atoms with van der Waals surface area (Å²) in [5.41, 5.74) is 0.651. The van der Waals surface area contributed by atoms with Crippen molar-refractivity contribution in [3.63, 3.8) is 0 Å². The molecule has 0 saturated carbocycles. The first kappa shape index (κ1) is 21.1. The van der Waals surface area contributed by atoms with Crippen LogP contribution in [0.1, 0.15) is 24.2 Å². The first-order valence-electron chi connectivity index (χ1n) is 8.98. The Bertz CT molecular complexity index is 991. The Morgan fingerprint density at radius 3 is 2.54 bits per heavy atom. The topological polar surface area (TPSA) is 36.4 Å². The number of nitrogens with zero attached hydrogens (tertiary/aromatic N) is 3. The number of likely N-dealkylation sites (N-methyl/N-ethyl adjacent to an activating group) is 1. The fraction of sp³-hybridized carbons (Fsp3) is 0.300. The summed E-state index contributed by atoms with van der Waals surface area (Å²) in [6.07, 6.45) is 0. The second-order valence-corrected chi connectivity index (χ2v) is 8.37. The van der Waals surface area contributed by atoms with Crippen LogP contribution in [-0.4, -0.2) is 42.0 Å². The first-order valence-corrected chi connectivity index (χ1v) is 10.9. The summed E-state index contributed by atoms with van der Waals surface area (Å²) in [6.45, 7) is 6.92. The number of carbonyl (C=O) groups is 1. The molecule has 0 fully saturated rings. The molecule has 0 saturated heterocycles. The molecule has 0 spiro atoms. The minimum atomic E-state index is -0.720. The van der Waals surface area contributed by atoms with Crippen LogP contribution in [0.3, 0.4) is 0 Å². The molecule has 0 N–H and O–H groups in total. The van der Waals surface area contributed by atoms with Crippen LogP contribution in [-0.2, 0) is 0 Å². The highest BCUT2D eigenvalue weighted by Gasteiger charge is 2.24. The van der Waals surface area contributed by atoms with Crippen molar-refractivity contribution in [2.45, 2.75) is 13.8 Å². The van der Waals surface area contributed by atoms with Crippen molar-refractivity contribution in [2.75, 3.05) is 31.1 Å². The van der Waals surface area contributed by atoms with Crippen LogP contribution in [0, 0.1) is 15.2 Å². The lowest BCUT2D eigenvalue weighted by Crippen LogP contribution is -2.39. The van der Waals surface area contributed by atoms with Gasteiger partial charge in [0.05, 0.1) is 10.3 Å². The number of thiazole rings is 1. The monoisotopic (exact) mass is 515 g/mol. The molecular formula is C20H20F2IN3OS. The molecule has 3 aromatic rings. The minimum Gasteiger partial charge on any atom is -0.302 e. The third kappa shape index (κ3) is 4.49.